The van der Waals surface area contributed by atoms with Gasteiger partial charge in [0.1, 0.15) is 5.69 Å². The number of aromatic nitrogens is 2. The van der Waals surface area contributed by atoms with Gasteiger partial charge in [0.15, 0.2) is 6.04 Å². The van der Waals surface area contributed by atoms with Crippen molar-refractivity contribution in [3.05, 3.63) is 52.8 Å². The Morgan fingerprint density at radius 3 is 2.57 bits per heavy atom. The van der Waals surface area contributed by atoms with Crippen LogP contribution in [0, 0.1) is 13.8 Å². The van der Waals surface area contributed by atoms with E-state index in [4.69, 9.17) is 0 Å². The summed E-state index contributed by atoms with van der Waals surface area (Å²) in [7, 11) is 1.63. The summed E-state index contributed by atoms with van der Waals surface area (Å²) < 4.78 is 1.40. The third-order valence-electron chi connectivity index (χ3n) is 3.53. The van der Waals surface area contributed by atoms with Gasteiger partial charge < -0.3 is 10.4 Å². The second-order valence-corrected chi connectivity index (χ2v) is 4.87. The zero-order valence-corrected chi connectivity index (χ0v) is 12.1. The van der Waals surface area contributed by atoms with Crippen molar-refractivity contribution in [1.29, 1.82) is 0 Å². The van der Waals surface area contributed by atoms with Crippen LogP contribution in [0.1, 0.15) is 33.2 Å². The summed E-state index contributed by atoms with van der Waals surface area (Å²) in [5.74, 6) is -1.57. The van der Waals surface area contributed by atoms with Crippen molar-refractivity contribution in [3.63, 3.8) is 0 Å². The normalized spacial score (nSPS) is 12.0. The summed E-state index contributed by atoms with van der Waals surface area (Å²) in [6.45, 7) is 3.75. The number of aliphatic carboxylic acids is 1. The number of benzene rings is 1. The maximum Gasteiger partial charge on any atom is 0.330 e. The molecule has 1 aromatic heterocycles. The first-order valence-electron chi connectivity index (χ1n) is 6.49. The Kier molecular flexibility index (Phi) is 4.07. The molecule has 0 aliphatic rings. The van der Waals surface area contributed by atoms with Crippen molar-refractivity contribution in [2.75, 3.05) is 0 Å². The van der Waals surface area contributed by atoms with Crippen molar-refractivity contribution < 1.29 is 14.7 Å². The molecule has 0 fully saturated rings. The number of carbonyl (C=O) groups excluding carboxylic acids is 1. The molecule has 2 rings (SSSR count). The predicted molar refractivity (Wildman–Crippen MR) is 77.0 cm³/mol. The molecule has 0 aliphatic heterocycles. The Labute approximate surface area is 122 Å². The lowest BCUT2D eigenvalue weighted by atomic mass is 9.97. The standard InChI is InChI=1S/C15H17N3O3/c1-9-5-4-6-11(10(9)2)13(15(20)21)17-14(19)12-7-8-16-18(12)3/h4-8,13H,1-3H3,(H,17,19)(H,20,21)/t13-/m1/s1. The van der Waals surface area contributed by atoms with E-state index in [1.807, 2.05) is 19.9 Å². The van der Waals surface area contributed by atoms with Crippen LogP contribution in [0.15, 0.2) is 30.5 Å². The first kappa shape index (κ1) is 14.8. The molecule has 2 aromatic rings. The molecule has 0 saturated carbocycles. The molecule has 1 amide bonds. The smallest absolute Gasteiger partial charge is 0.330 e. The molecule has 0 bridgehead atoms. The Balaban J connectivity index is 2.33. The highest BCUT2D eigenvalue weighted by Crippen LogP contribution is 2.21. The maximum absolute atomic E-state index is 12.2. The summed E-state index contributed by atoms with van der Waals surface area (Å²) in [6, 6.07) is 5.85. The minimum atomic E-state index is -1.10. The highest BCUT2D eigenvalue weighted by atomic mass is 16.4. The van der Waals surface area contributed by atoms with E-state index < -0.39 is 17.9 Å². The number of nitrogens with zero attached hydrogens (tertiary/aromatic N) is 2. The van der Waals surface area contributed by atoms with E-state index in [-0.39, 0.29) is 0 Å². The number of carboxylic acid groups (broad SMARTS) is 1. The SMILES string of the molecule is Cc1cccc([C@@H](NC(=O)c2ccnn2C)C(=O)O)c1C. The highest BCUT2D eigenvalue weighted by Gasteiger charge is 2.25. The molecule has 0 saturated heterocycles. The number of carbonyl (C=O) groups is 2. The Bertz CT molecular complexity index is 691. The zero-order chi connectivity index (χ0) is 15.6. The predicted octanol–water partition coefficient (Wildman–Crippen LogP) is 1.59. The van der Waals surface area contributed by atoms with Crippen molar-refractivity contribution in [2.24, 2.45) is 7.05 Å². The van der Waals surface area contributed by atoms with E-state index in [0.29, 0.717) is 11.3 Å². The van der Waals surface area contributed by atoms with Crippen molar-refractivity contribution in [3.8, 4) is 0 Å². The largest absolute Gasteiger partial charge is 0.479 e. The lowest BCUT2D eigenvalue weighted by molar-refractivity contribution is -0.139. The van der Waals surface area contributed by atoms with Gasteiger partial charge in [-0.05, 0) is 36.6 Å². The quantitative estimate of drug-likeness (QED) is 0.894. The summed E-state index contributed by atoms with van der Waals surface area (Å²) in [5, 5.41) is 15.9. The number of nitrogens with one attached hydrogen (secondary N) is 1. The maximum atomic E-state index is 12.2. The summed E-state index contributed by atoms with van der Waals surface area (Å²) in [4.78, 5) is 23.7. The molecular weight excluding hydrogens is 270 g/mol. The van der Waals surface area contributed by atoms with Gasteiger partial charge in [-0.15, -0.1) is 0 Å². The van der Waals surface area contributed by atoms with Gasteiger partial charge in [0, 0.05) is 13.2 Å². The topological polar surface area (TPSA) is 84.2 Å². The number of hydrogen-bond donors (Lipinski definition) is 2. The summed E-state index contributed by atoms with van der Waals surface area (Å²) in [5.41, 5.74) is 2.73. The zero-order valence-electron chi connectivity index (χ0n) is 12.1. The van der Waals surface area contributed by atoms with Crippen LogP contribution in [0.3, 0.4) is 0 Å². The molecule has 0 spiro atoms. The van der Waals surface area contributed by atoms with Gasteiger partial charge in [-0.25, -0.2) is 4.79 Å². The Morgan fingerprint density at radius 1 is 1.29 bits per heavy atom. The van der Waals surface area contributed by atoms with Crippen LogP contribution in [-0.4, -0.2) is 26.8 Å². The molecule has 21 heavy (non-hydrogen) atoms. The van der Waals surface area contributed by atoms with Gasteiger partial charge in [0.25, 0.3) is 5.91 Å². The molecule has 0 aliphatic carbocycles. The molecule has 110 valence electrons. The fourth-order valence-corrected chi connectivity index (χ4v) is 2.16. The van der Waals surface area contributed by atoms with Crippen molar-refractivity contribution in [1.82, 2.24) is 15.1 Å². The fourth-order valence-electron chi connectivity index (χ4n) is 2.16. The number of carboxylic acids is 1. The average molecular weight is 287 g/mol. The molecule has 6 nitrogen and oxygen atoms in total. The number of rotatable bonds is 4. The minimum absolute atomic E-state index is 0.312. The van der Waals surface area contributed by atoms with Gasteiger partial charge >= 0.3 is 5.97 Å². The van der Waals surface area contributed by atoms with Crippen LogP contribution in [-0.2, 0) is 11.8 Å². The van der Waals surface area contributed by atoms with Gasteiger partial charge in [-0.2, -0.15) is 5.10 Å². The Morgan fingerprint density at radius 2 is 2.00 bits per heavy atom. The summed E-state index contributed by atoms with van der Waals surface area (Å²) >= 11 is 0. The van der Waals surface area contributed by atoms with E-state index in [2.05, 4.69) is 10.4 Å². The molecule has 1 atom stereocenters. The van der Waals surface area contributed by atoms with Crippen LogP contribution in [0.2, 0.25) is 0 Å². The van der Waals surface area contributed by atoms with E-state index >= 15 is 0 Å². The lowest BCUT2D eigenvalue weighted by Gasteiger charge is -2.18. The molecule has 1 heterocycles. The van der Waals surface area contributed by atoms with Crippen molar-refractivity contribution >= 4 is 11.9 Å². The van der Waals surface area contributed by atoms with Crippen LogP contribution < -0.4 is 5.32 Å². The number of aryl methyl sites for hydroxylation is 2. The van der Waals surface area contributed by atoms with Crippen LogP contribution in [0.4, 0.5) is 0 Å². The van der Waals surface area contributed by atoms with Crippen LogP contribution in [0.5, 0.6) is 0 Å². The molecule has 6 heteroatoms. The molecule has 2 N–H and O–H groups in total. The van der Waals surface area contributed by atoms with E-state index in [1.165, 1.54) is 16.9 Å². The number of amides is 1. The van der Waals surface area contributed by atoms with Crippen LogP contribution >= 0.6 is 0 Å². The molecule has 0 radical (unpaired) electrons. The van der Waals surface area contributed by atoms with Gasteiger partial charge in [-0.1, -0.05) is 18.2 Å². The van der Waals surface area contributed by atoms with E-state index in [9.17, 15) is 14.7 Å². The van der Waals surface area contributed by atoms with Crippen LogP contribution in [0.25, 0.3) is 0 Å². The van der Waals surface area contributed by atoms with Gasteiger partial charge in [0.05, 0.1) is 0 Å². The molecule has 0 unspecified atom stereocenters. The highest BCUT2D eigenvalue weighted by molar-refractivity contribution is 5.95. The number of hydrogen-bond acceptors (Lipinski definition) is 3. The van der Waals surface area contributed by atoms with Crippen molar-refractivity contribution in [2.45, 2.75) is 19.9 Å². The molecule has 1 aromatic carbocycles. The van der Waals surface area contributed by atoms with Gasteiger partial charge in [0.2, 0.25) is 0 Å². The lowest BCUT2D eigenvalue weighted by Crippen LogP contribution is -2.35. The monoisotopic (exact) mass is 287 g/mol. The van der Waals surface area contributed by atoms with E-state index in [0.717, 1.165) is 11.1 Å². The first-order valence-corrected chi connectivity index (χ1v) is 6.49. The Hall–Kier alpha value is -2.63. The third kappa shape index (κ3) is 2.94. The van der Waals surface area contributed by atoms with Gasteiger partial charge in [-0.3, -0.25) is 9.48 Å². The summed E-state index contributed by atoms with van der Waals surface area (Å²) in [6.07, 6.45) is 1.49. The first-order chi connectivity index (χ1) is 9.91. The average Bonchev–Trinajstić information content (AvgIpc) is 2.85. The minimum Gasteiger partial charge on any atom is -0.479 e. The molecular formula is C15H17N3O3. The fraction of sp³-hybridized carbons (Fsp3) is 0.267. The van der Waals surface area contributed by atoms with E-state index in [1.54, 1.807) is 19.2 Å². The second kappa shape index (κ2) is 5.78. The second-order valence-electron chi connectivity index (χ2n) is 4.87. The third-order valence-corrected chi connectivity index (χ3v) is 3.53.